The number of carbonyl (C=O) groups is 1. The van der Waals surface area contributed by atoms with Crippen LogP contribution >= 0.6 is 0 Å². The summed E-state index contributed by atoms with van der Waals surface area (Å²) in [6, 6.07) is 3.35. The van der Waals surface area contributed by atoms with Crippen molar-refractivity contribution in [3.8, 4) is 0 Å². The highest BCUT2D eigenvalue weighted by Crippen LogP contribution is 1.99. The first-order valence-corrected chi connectivity index (χ1v) is 4.44. The smallest absolute Gasteiger partial charge is 0.315 e. The van der Waals surface area contributed by atoms with E-state index in [9.17, 15) is 4.79 Å². The Balaban J connectivity index is 2.38. The van der Waals surface area contributed by atoms with Crippen molar-refractivity contribution in [2.75, 3.05) is 12.3 Å². The molecule has 0 saturated heterocycles. The fourth-order valence-corrected chi connectivity index (χ4v) is 0.946. The minimum absolute atomic E-state index is 0.177. The molecule has 0 atom stereocenters. The van der Waals surface area contributed by atoms with Crippen LogP contribution < -0.4 is 16.4 Å². The monoisotopic (exact) mass is 194 g/mol. The van der Waals surface area contributed by atoms with Crippen LogP contribution in [-0.4, -0.2) is 17.6 Å². The summed E-state index contributed by atoms with van der Waals surface area (Å²) in [7, 11) is 0. The number of nitrogen functional groups attached to an aromatic ring is 1. The van der Waals surface area contributed by atoms with Gasteiger partial charge in [-0.3, -0.25) is 0 Å². The van der Waals surface area contributed by atoms with Crippen molar-refractivity contribution in [3.05, 3.63) is 23.9 Å². The first-order valence-electron chi connectivity index (χ1n) is 4.44. The summed E-state index contributed by atoms with van der Waals surface area (Å²) >= 11 is 0. The molecule has 1 aromatic heterocycles. The van der Waals surface area contributed by atoms with Gasteiger partial charge in [0.05, 0.1) is 0 Å². The lowest BCUT2D eigenvalue weighted by atomic mass is 10.3. The Hall–Kier alpha value is -1.78. The van der Waals surface area contributed by atoms with Crippen LogP contribution in [0.4, 0.5) is 10.6 Å². The Labute approximate surface area is 82.7 Å². The first kappa shape index (κ1) is 10.3. The molecule has 14 heavy (non-hydrogen) atoms. The zero-order valence-corrected chi connectivity index (χ0v) is 8.08. The topological polar surface area (TPSA) is 80.0 Å². The van der Waals surface area contributed by atoms with E-state index in [1.165, 1.54) is 0 Å². The third-order valence-electron chi connectivity index (χ3n) is 1.64. The van der Waals surface area contributed by atoms with Gasteiger partial charge in [0.15, 0.2) is 0 Å². The van der Waals surface area contributed by atoms with Crippen molar-refractivity contribution in [3.63, 3.8) is 0 Å². The van der Waals surface area contributed by atoms with Crippen LogP contribution in [0.2, 0.25) is 0 Å². The molecule has 0 bridgehead atoms. The molecule has 5 heteroatoms. The van der Waals surface area contributed by atoms with Gasteiger partial charge in [0.2, 0.25) is 0 Å². The summed E-state index contributed by atoms with van der Waals surface area (Å²) in [5.74, 6) is 0.478. The highest BCUT2D eigenvalue weighted by atomic mass is 16.2. The highest BCUT2D eigenvalue weighted by Gasteiger charge is 1.97. The second-order valence-electron chi connectivity index (χ2n) is 2.80. The minimum Gasteiger partial charge on any atom is -0.384 e. The van der Waals surface area contributed by atoms with Gasteiger partial charge >= 0.3 is 6.03 Å². The quantitative estimate of drug-likeness (QED) is 0.654. The number of nitrogens with one attached hydrogen (secondary N) is 2. The van der Waals surface area contributed by atoms with Gasteiger partial charge in [-0.15, -0.1) is 0 Å². The van der Waals surface area contributed by atoms with E-state index in [2.05, 4.69) is 15.6 Å². The Morgan fingerprint density at radius 2 is 2.29 bits per heavy atom. The van der Waals surface area contributed by atoms with Crippen molar-refractivity contribution >= 4 is 11.8 Å². The van der Waals surface area contributed by atoms with E-state index in [4.69, 9.17) is 5.73 Å². The SMILES string of the molecule is CCNC(=O)NCc1ccc(N)nc1. The minimum atomic E-state index is -0.177. The summed E-state index contributed by atoms with van der Waals surface area (Å²) in [5.41, 5.74) is 6.34. The summed E-state index contributed by atoms with van der Waals surface area (Å²) in [4.78, 5) is 14.9. The van der Waals surface area contributed by atoms with Gasteiger partial charge < -0.3 is 16.4 Å². The molecule has 0 aliphatic rings. The number of rotatable bonds is 3. The fraction of sp³-hybridized carbons (Fsp3) is 0.333. The number of carbonyl (C=O) groups excluding carboxylic acids is 1. The number of amides is 2. The molecular formula is C9H14N4O. The third kappa shape index (κ3) is 3.30. The molecule has 0 aliphatic heterocycles. The Bertz CT molecular complexity index is 296. The predicted octanol–water partition coefficient (Wildman–Crippen LogP) is 0.483. The lowest BCUT2D eigenvalue weighted by molar-refractivity contribution is 0.241. The number of nitrogens with zero attached hydrogens (tertiary/aromatic N) is 1. The van der Waals surface area contributed by atoms with Crippen LogP contribution in [0.15, 0.2) is 18.3 Å². The zero-order valence-electron chi connectivity index (χ0n) is 8.08. The van der Waals surface area contributed by atoms with E-state index in [1.54, 1.807) is 12.3 Å². The van der Waals surface area contributed by atoms with Crippen molar-refractivity contribution in [1.29, 1.82) is 0 Å². The molecular weight excluding hydrogens is 180 g/mol. The Kier molecular flexibility index (Phi) is 3.72. The molecule has 1 aromatic rings. The second kappa shape index (κ2) is 5.06. The highest BCUT2D eigenvalue weighted by molar-refractivity contribution is 5.73. The number of pyridine rings is 1. The number of hydrogen-bond acceptors (Lipinski definition) is 3. The van der Waals surface area contributed by atoms with Crippen molar-refractivity contribution in [1.82, 2.24) is 15.6 Å². The van der Waals surface area contributed by atoms with Crippen molar-refractivity contribution < 1.29 is 4.79 Å². The van der Waals surface area contributed by atoms with Gasteiger partial charge in [0.25, 0.3) is 0 Å². The number of aromatic nitrogens is 1. The van der Waals surface area contributed by atoms with Crippen LogP contribution in [0.1, 0.15) is 12.5 Å². The maximum atomic E-state index is 11.0. The standard InChI is InChI=1S/C9H14N4O/c1-2-11-9(14)13-6-7-3-4-8(10)12-5-7/h3-5H,2,6H2,1H3,(H2,10,12)(H2,11,13,14). The lowest BCUT2D eigenvalue weighted by Crippen LogP contribution is -2.34. The average molecular weight is 194 g/mol. The molecule has 76 valence electrons. The van der Waals surface area contributed by atoms with E-state index < -0.39 is 0 Å². The van der Waals surface area contributed by atoms with E-state index in [0.717, 1.165) is 5.56 Å². The molecule has 0 aliphatic carbocycles. The van der Waals surface area contributed by atoms with Gasteiger partial charge in [-0.2, -0.15) is 0 Å². The predicted molar refractivity (Wildman–Crippen MR) is 54.6 cm³/mol. The molecule has 0 fully saturated rings. The lowest BCUT2D eigenvalue weighted by Gasteiger charge is -2.05. The molecule has 0 saturated carbocycles. The largest absolute Gasteiger partial charge is 0.384 e. The van der Waals surface area contributed by atoms with Gasteiger partial charge in [-0.1, -0.05) is 6.07 Å². The number of anilines is 1. The summed E-state index contributed by atoms with van der Waals surface area (Å²) in [5, 5.41) is 5.32. The van der Waals surface area contributed by atoms with E-state index in [1.807, 2.05) is 13.0 Å². The molecule has 2 amide bonds. The average Bonchev–Trinajstić information content (AvgIpc) is 2.17. The van der Waals surface area contributed by atoms with Gasteiger partial charge in [-0.05, 0) is 18.6 Å². The van der Waals surface area contributed by atoms with E-state index in [-0.39, 0.29) is 6.03 Å². The van der Waals surface area contributed by atoms with Crippen LogP contribution in [0.3, 0.4) is 0 Å². The van der Waals surface area contributed by atoms with Crippen LogP contribution in [0.25, 0.3) is 0 Å². The Morgan fingerprint density at radius 1 is 1.50 bits per heavy atom. The Morgan fingerprint density at radius 3 is 2.86 bits per heavy atom. The van der Waals surface area contributed by atoms with Crippen LogP contribution in [-0.2, 0) is 6.54 Å². The molecule has 0 radical (unpaired) electrons. The maximum absolute atomic E-state index is 11.0. The zero-order chi connectivity index (χ0) is 10.4. The van der Waals surface area contributed by atoms with E-state index in [0.29, 0.717) is 18.9 Å². The van der Waals surface area contributed by atoms with Crippen molar-refractivity contribution in [2.24, 2.45) is 0 Å². The second-order valence-corrected chi connectivity index (χ2v) is 2.80. The van der Waals surface area contributed by atoms with Gasteiger partial charge in [0.1, 0.15) is 5.82 Å². The molecule has 0 unspecified atom stereocenters. The summed E-state index contributed by atoms with van der Waals surface area (Å²) in [6.07, 6.45) is 1.64. The normalized spacial score (nSPS) is 9.50. The van der Waals surface area contributed by atoms with Gasteiger partial charge in [0, 0.05) is 19.3 Å². The first-order chi connectivity index (χ1) is 6.72. The van der Waals surface area contributed by atoms with Crippen LogP contribution in [0, 0.1) is 0 Å². The fourth-order valence-electron chi connectivity index (χ4n) is 0.946. The van der Waals surface area contributed by atoms with Crippen LogP contribution in [0.5, 0.6) is 0 Å². The third-order valence-corrected chi connectivity index (χ3v) is 1.64. The molecule has 4 N–H and O–H groups in total. The summed E-state index contributed by atoms with van der Waals surface area (Å²) < 4.78 is 0. The number of urea groups is 1. The number of nitrogens with two attached hydrogens (primary N) is 1. The molecule has 0 aromatic carbocycles. The number of hydrogen-bond donors (Lipinski definition) is 3. The summed E-state index contributed by atoms with van der Waals surface area (Å²) in [6.45, 7) is 2.94. The van der Waals surface area contributed by atoms with E-state index >= 15 is 0 Å². The molecule has 5 nitrogen and oxygen atoms in total. The maximum Gasteiger partial charge on any atom is 0.315 e. The molecule has 1 heterocycles. The molecule has 1 rings (SSSR count). The molecule has 0 spiro atoms. The van der Waals surface area contributed by atoms with Crippen molar-refractivity contribution in [2.45, 2.75) is 13.5 Å². The van der Waals surface area contributed by atoms with Gasteiger partial charge in [-0.25, -0.2) is 9.78 Å².